The highest BCUT2D eigenvalue weighted by Gasteiger charge is 2.55. The molecule has 0 unspecified atom stereocenters. The molecule has 0 fully saturated rings. The van der Waals surface area contributed by atoms with Crippen LogP contribution in [0.15, 0.2) is 94.3 Å². The molecule has 0 saturated heterocycles. The molecule has 3 rings (SSSR count). The molecule has 6 heteroatoms. The van der Waals surface area contributed by atoms with E-state index < -0.39 is 23.8 Å². The van der Waals surface area contributed by atoms with E-state index in [9.17, 15) is 16.8 Å². The van der Waals surface area contributed by atoms with Crippen LogP contribution >= 0.6 is 0 Å². The first-order chi connectivity index (χ1) is 13.5. The van der Waals surface area contributed by atoms with Gasteiger partial charge < -0.3 is 0 Å². The van der Waals surface area contributed by atoms with Gasteiger partial charge in [-0.15, -0.1) is 0 Å². The Labute approximate surface area is 173 Å². The van der Waals surface area contributed by atoms with Gasteiger partial charge in [0.25, 0.3) is 0 Å². The van der Waals surface area contributed by atoms with E-state index in [0.29, 0.717) is 0 Å². The molecule has 2 aromatic carbocycles. The van der Waals surface area contributed by atoms with E-state index in [-0.39, 0.29) is 28.0 Å². The van der Waals surface area contributed by atoms with Gasteiger partial charge in [0, 0.05) is 12.8 Å². The largest absolute Gasteiger partial charge is 0.222 e. The van der Waals surface area contributed by atoms with Gasteiger partial charge in [-0.3, -0.25) is 0 Å². The number of sulfone groups is 2. The Morgan fingerprint density at radius 3 is 1.59 bits per heavy atom. The Morgan fingerprint density at radius 2 is 1.17 bits per heavy atom. The van der Waals surface area contributed by atoms with Crippen molar-refractivity contribution in [1.82, 2.24) is 0 Å². The van der Waals surface area contributed by atoms with E-state index >= 15 is 0 Å². The van der Waals surface area contributed by atoms with Gasteiger partial charge in [0.05, 0.1) is 9.79 Å². The van der Waals surface area contributed by atoms with Crippen LogP contribution in [0.4, 0.5) is 0 Å². The molecule has 0 heterocycles. The van der Waals surface area contributed by atoms with E-state index in [1.54, 1.807) is 48.6 Å². The van der Waals surface area contributed by atoms with E-state index in [1.165, 1.54) is 24.3 Å². The highest BCUT2D eigenvalue weighted by molar-refractivity contribution is 8.10. The minimum atomic E-state index is -4.21. The molecule has 154 valence electrons. The maximum Gasteiger partial charge on any atom is 0.199 e. The molecule has 29 heavy (non-hydrogen) atoms. The molecular weight excluding hydrogens is 404 g/mol. The summed E-state index contributed by atoms with van der Waals surface area (Å²) in [6, 6.07) is 15.7. The third-order valence-electron chi connectivity index (χ3n) is 5.31. The fourth-order valence-electron chi connectivity index (χ4n) is 3.55. The van der Waals surface area contributed by atoms with Crippen molar-refractivity contribution < 1.29 is 16.8 Å². The molecule has 0 radical (unpaired) electrons. The van der Waals surface area contributed by atoms with Crippen LogP contribution in [-0.4, -0.2) is 20.9 Å². The van der Waals surface area contributed by atoms with Gasteiger partial charge >= 0.3 is 0 Å². The van der Waals surface area contributed by atoms with Crippen LogP contribution in [0.2, 0.25) is 0 Å². The summed E-state index contributed by atoms with van der Waals surface area (Å²) in [5.74, 6) is 0. The topological polar surface area (TPSA) is 68.3 Å². The smallest absolute Gasteiger partial charge is 0.199 e. The molecule has 2 aromatic rings. The van der Waals surface area contributed by atoms with Crippen molar-refractivity contribution >= 4 is 19.7 Å². The van der Waals surface area contributed by atoms with Crippen LogP contribution in [0.1, 0.15) is 33.6 Å². The van der Waals surface area contributed by atoms with E-state index in [2.05, 4.69) is 0 Å². The average molecular weight is 431 g/mol. The van der Waals surface area contributed by atoms with Gasteiger partial charge in [0.2, 0.25) is 0 Å². The van der Waals surface area contributed by atoms with Crippen LogP contribution in [-0.2, 0) is 19.7 Å². The first kappa shape index (κ1) is 21.5. The normalized spacial score (nSPS) is 17.4. The number of rotatable bonds is 4. The van der Waals surface area contributed by atoms with Crippen LogP contribution in [0.5, 0.6) is 0 Å². The molecule has 0 N–H and O–H groups in total. The standard InChI is InChI=1S/C23H26O4S2/c1-22(2,3)19-11-10-17-23(18-16-19,28(24,25)20-12-6-4-7-13-20)29(26,27)21-14-8-5-9-15-21/h4-16H,17-18H2,1-3H3. The van der Waals surface area contributed by atoms with Crippen molar-refractivity contribution in [1.29, 1.82) is 0 Å². The zero-order valence-corrected chi connectivity index (χ0v) is 18.5. The summed E-state index contributed by atoms with van der Waals surface area (Å²) in [5.41, 5.74) is 0.700. The maximum absolute atomic E-state index is 13.8. The van der Waals surface area contributed by atoms with Gasteiger partial charge in [-0.1, -0.05) is 75.4 Å². The minimum absolute atomic E-state index is 0.0144. The van der Waals surface area contributed by atoms with Gasteiger partial charge in [0.15, 0.2) is 23.8 Å². The quantitative estimate of drug-likeness (QED) is 0.688. The van der Waals surface area contributed by atoms with E-state index in [4.69, 9.17) is 0 Å². The average Bonchev–Trinajstić information content (AvgIpc) is 2.94. The van der Waals surface area contributed by atoms with Crippen LogP contribution in [0, 0.1) is 5.41 Å². The summed E-state index contributed by atoms with van der Waals surface area (Å²) in [6.07, 6.45) is 5.08. The highest BCUT2D eigenvalue weighted by atomic mass is 32.3. The number of benzene rings is 2. The second-order valence-electron chi connectivity index (χ2n) is 8.26. The van der Waals surface area contributed by atoms with Crippen molar-refractivity contribution in [2.45, 2.75) is 47.5 Å². The second-order valence-corrected chi connectivity index (χ2v) is 13.0. The molecule has 1 aliphatic carbocycles. The molecule has 0 aliphatic heterocycles. The fraction of sp³-hybridized carbons (Fsp3) is 0.304. The molecule has 1 aliphatic rings. The lowest BCUT2D eigenvalue weighted by Crippen LogP contribution is -2.45. The van der Waals surface area contributed by atoms with E-state index in [1.807, 2.05) is 26.8 Å². The Balaban J connectivity index is 2.30. The molecule has 0 saturated carbocycles. The zero-order chi connectivity index (χ0) is 21.3. The lowest BCUT2D eigenvalue weighted by atomic mass is 9.86. The summed E-state index contributed by atoms with van der Waals surface area (Å²) >= 11 is 0. The van der Waals surface area contributed by atoms with Crippen LogP contribution < -0.4 is 0 Å². The van der Waals surface area contributed by atoms with Gasteiger partial charge in [0.1, 0.15) is 0 Å². The summed E-state index contributed by atoms with van der Waals surface area (Å²) < 4.78 is 53.2. The fourth-order valence-corrected chi connectivity index (χ4v) is 8.41. The van der Waals surface area contributed by atoms with Crippen molar-refractivity contribution in [3.8, 4) is 0 Å². The summed E-state index contributed by atoms with van der Waals surface area (Å²) in [4.78, 5) is 0.0287. The van der Waals surface area contributed by atoms with Crippen molar-refractivity contribution in [3.63, 3.8) is 0 Å². The first-order valence-electron chi connectivity index (χ1n) is 9.49. The third kappa shape index (κ3) is 3.71. The van der Waals surface area contributed by atoms with Crippen molar-refractivity contribution in [2.75, 3.05) is 0 Å². The molecule has 0 spiro atoms. The lowest BCUT2D eigenvalue weighted by Gasteiger charge is -2.31. The number of hydrogen-bond acceptors (Lipinski definition) is 4. The summed E-state index contributed by atoms with van der Waals surface area (Å²) in [5, 5.41) is 0. The Bertz CT molecular complexity index is 1070. The second kappa shape index (κ2) is 7.58. The Morgan fingerprint density at radius 1 is 0.724 bits per heavy atom. The number of allylic oxidation sites excluding steroid dienone is 4. The van der Waals surface area contributed by atoms with Crippen molar-refractivity contribution in [3.05, 3.63) is 84.5 Å². The minimum Gasteiger partial charge on any atom is -0.222 e. The summed E-state index contributed by atoms with van der Waals surface area (Å²) in [7, 11) is -8.41. The Kier molecular flexibility index (Phi) is 5.62. The number of hydrogen-bond donors (Lipinski definition) is 0. The Hall–Kier alpha value is -2.18. The molecule has 4 nitrogen and oxygen atoms in total. The molecule has 0 atom stereocenters. The zero-order valence-electron chi connectivity index (χ0n) is 16.9. The van der Waals surface area contributed by atoms with Crippen LogP contribution in [0.3, 0.4) is 0 Å². The lowest BCUT2D eigenvalue weighted by molar-refractivity contribution is 0.512. The van der Waals surface area contributed by atoms with Gasteiger partial charge in [-0.2, -0.15) is 0 Å². The molecule has 0 bridgehead atoms. The predicted octanol–water partition coefficient (Wildman–Crippen LogP) is 4.95. The molecule has 0 amide bonds. The summed E-state index contributed by atoms with van der Waals surface area (Å²) in [6.45, 7) is 6.06. The monoisotopic (exact) mass is 430 g/mol. The van der Waals surface area contributed by atoms with Gasteiger partial charge in [-0.05, 0) is 35.3 Å². The van der Waals surface area contributed by atoms with E-state index in [0.717, 1.165) is 5.57 Å². The molecule has 0 aromatic heterocycles. The molecular formula is C23H26O4S2. The SMILES string of the molecule is CC(C)(C)C1=CCC(S(=O)(=O)c2ccccc2)(S(=O)(=O)c2ccccc2)CC=C1. The van der Waals surface area contributed by atoms with Crippen molar-refractivity contribution in [2.24, 2.45) is 5.41 Å². The highest BCUT2D eigenvalue weighted by Crippen LogP contribution is 2.44. The first-order valence-corrected chi connectivity index (χ1v) is 12.5. The van der Waals surface area contributed by atoms with Gasteiger partial charge in [-0.25, -0.2) is 16.8 Å². The maximum atomic E-state index is 13.8. The predicted molar refractivity (Wildman–Crippen MR) is 116 cm³/mol. The van der Waals surface area contributed by atoms with Crippen LogP contribution in [0.25, 0.3) is 0 Å². The third-order valence-corrected chi connectivity index (χ3v) is 11.0.